The summed E-state index contributed by atoms with van der Waals surface area (Å²) in [7, 11) is 0. The largest absolute Gasteiger partial charge is 0.377 e. The molecule has 1 saturated carbocycles. The lowest BCUT2D eigenvalue weighted by Crippen LogP contribution is -2.43. The summed E-state index contributed by atoms with van der Waals surface area (Å²) in [6.07, 6.45) is 7.87. The molecule has 7 heteroatoms. The van der Waals surface area contributed by atoms with Crippen LogP contribution in [-0.2, 0) is 9.53 Å². The number of ether oxygens (including phenoxy) is 1. The molecule has 0 spiro atoms. The number of hydrogen-bond acceptors (Lipinski definition) is 4. The van der Waals surface area contributed by atoms with Crippen LogP contribution in [0.5, 0.6) is 0 Å². The van der Waals surface area contributed by atoms with Crippen molar-refractivity contribution in [1.82, 2.24) is 9.80 Å². The zero-order chi connectivity index (χ0) is 15.4. The number of piperidine rings is 1. The standard InChI is InChI=1S/C17H31N3O2.2ClH/c18-15-4-3-14(13-15)17(21)20-9-5-16(6-10-20)22-12-11-19-7-1-2-8-19;;/h14-16H,1-13,18H2;2*1H. The molecule has 2 atom stereocenters. The fourth-order valence-corrected chi connectivity index (χ4v) is 4.10. The molecule has 3 aliphatic rings. The van der Waals surface area contributed by atoms with Crippen LogP contribution in [-0.4, -0.2) is 67.2 Å². The molecule has 0 aromatic rings. The van der Waals surface area contributed by atoms with E-state index in [1.165, 1.54) is 25.9 Å². The Kier molecular flexibility index (Phi) is 9.90. The molecule has 2 saturated heterocycles. The van der Waals surface area contributed by atoms with E-state index in [-0.39, 0.29) is 36.8 Å². The average molecular weight is 382 g/mol. The van der Waals surface area contributed by atoms with Gasteiger partial charge in [0.15, 0.2) is 0 Å². The zero-order valence-electron chi connectivity index (χ0n) is 14.5. The SMILES string of the molecule is Cl.Cl.NC1CCC(C(=O)N2CCC(OCCN3CCCC3)CC2)C1. The summed E-state index contributed by atoms with van der Waals surface area (Å²) < 4.78 is 6.02. The summed E-state index contributed by atoms with van der Waals surface area (Å²) in [5.41, 5.74) is 5.93. The third kappa shape index (κ3) is 6.03. The Bertz CT molecular complexity index is 373. The molecule has 5 nitrogen and oxygen atoms in total. The van der Waals surface area contributed by atoms with E-state index in [0.29, 0.717) is 12.0 Å². The van der Waals surface area contributed by atoms with Gasteiger partial charge in [0.1, 0.15) is 0 Å². The van der Waals surface area contributed by atoms with Crippen molar-refractivity contribution in [2.24, 2.45) is 11.7 Å². The Balaban J connectivity index is 0.00000144. The van der Waals surface area contributed by atoms with E-state index >= 15 is 0 Å². The normalized spacial score (nSPS) is 28.5. The number of nitrogens with zero attached hydrogens (tertiary/aromatic N) is 2. The van der Waals surface area contributed by atoms with Crippen LogP contribution in [0, 0.1) is 5.92 Å². The summed E-state index contributed by atoms with van der Waals surface area (Å²) in [5.74, 6) is 0.520. The lowest BCUT2D eigenvalue weighted by Gasteiger charge is -2.33. The van der Waals surface area contributed by atoms with E-state index in [4.69, 9.17) is 10.5 Å². The molecule has 0 aromatic carbocycles. The monoisotopic (exact) mass is 381 g/mol. The fraction of sp³-hybridized carbons (Fsp3) is 0.941. The predicted octanol–water partition coefficient (Wildman–Crippen LogP) is 2.06. The van der Waals surface area contributed by atoms with Gasteiger partial charge in [-0.3, -0.25) is 4.79 Å². The van der Waals surface area contributed by atoms with Gasteiger partial charge in [0.2, 0.25) is 5.91 Å². The number of halogens is 2. The molecule has 3 fully saturated rings. The molecule has 142 valence electrons. The van der Waals surface area contributed by atoms with Crippen molar-refractivity contribution < 1.29 is 9.53 Å². The molecule has 2 N–H and O–H groups in total. The van der Waals surface area contributed by atoms with Gasteiger partial charge < -0.3 is 20.3 Å². The van der Waals surface area contributed by atoms with Gasteiger partial charge in [-0.25, -0.2) is 0 Å². The van der Waals surface area contributed by atoms with Crippen molar-refractivity contribution in [2.75, 3.05) is 39.3 Å². The minimum Gasteiger partial charge on any atom is -0.377 e. The molecule has 1 aliphatic carbocycles. The number of carbonyl (C=O) groups is 1. The third-order valence-corrected chi connectivity index (χ3v) is 5.54. The molecule has 2 aliphatic heterocycles. The second-order valence-corrected chi connectivity index (χ2v) is 7.21. The van der Waals surface area contributed by atoms with E-state index in [2.05, 4.69) is 4.90 Å². The van der Waals surface area contributed by atoms with E-state index in [0.717, 1.165) is 58.3 Å². The van der Waals surface area contributed by atoms with Crippen LogP contribution in [0.1, 0.15) is 44.9 Å². The molecular formula is C17H33Cl2N3O2. The van der Waals surface area contributed by atoms with Gasteiger partial charge in [0, 0.05) is 31.6 Å². The predicted molar refractivity (Wildman–Crippen MR) is 101 cm³/mol. The number of nitrogens with two attached hydrogens (primary N) is 1. The van der Waals surface area contributed by atoms with Crippen molar-refractivity contribution in [2.45, 2.75) is 57.1 Å². The lowest BCUT2D eigenvalue weighted by molar-refractivity contribution is -0.138. The van der Waals surface area contributed by atoms with Crippen LogP contribution < -0.4 is 5.73 Å². The van der Waals surface area contributed by atoms with Gasteiger partial charge in [-0.15, -0.1) is 24.8 Å². The Morgan fingerprint density at radius 3 is 2.25 bits per heavy atom. The first-order valence-corrected chi connectivity index (χ1v) is 9.10. The number of hydrogen-bond donors (Lipinski definition) is 1. The Labute approximate surface area is 158 Å². The first kappa shape index (κ1) is 22.0. The van der Waals surface area contributed by atoms with Crippen LogP contribution in [0.2, 0.25) is 0 Å². The molecule has 2 unspecified atom stereocenters. The highest BCUT2D eigenvalue weighted by Crippen LogP contribution is 2.27. The number of likely N-dealkylation sites (tertiary alicyclic amines) is 2. The van der Waals surface area contributed by atoms with Gasteiger partial charge >= 0.3 is 0 Å². The first-order chi connectivity index (χ1) is 10.7. The Morgan fingerprint density at radius 2 is 1.67 bits per heavy atom. The molecule has 24 heavy (non-hydrogen) atoms. The number of amides is 1. The average Bonchev–Trinajstić information content (AvgIpc) is 3.19. The Morgan fingerprint density at radius 1 is 1.00 bits per heavy atom. The van der Waals surface area contributed by atoms with Gasteiger partial charge in [-0.1, -0.05) is 0 Å². The highest BCUT2D eigenvalue weighted by atomic mass is 35.5. The minimum atomic E-state index is 0. The summed E-state index contributed by atoms with van der Waals surface area (Å²) in [6.45, 7) is 6.10. The summed E-state index contributed by atoms with van der Waals surface area (Å²) >= 11 is 0. The summed E-state index contributed by atoms with van der Waals surface area (Å²) in [5, 5.41) is 0. The second kappa shape index (κ2) is 10.8. The van der Waals surface area contributed by atoms with Gasteiger partial charge in [0.05, 0.1) is 12.7 Å². The van der Waals surface area contributed by atoms with Crippen molar-refractivity contribution in [3.8, 4) is 0 Å². The van der Waals surface area contributed by atoms with Crippen molar-refractivity contribution in [3.05, 3.63) is 0 Å². The van der Waals surface area contributed by atoms with E-state index in [9.17, 15) is 4.79 Å². The van der Waals surface area contributed by atoms with Crippen LogP contribution in [0.25, 0.3) is 0 Å². The van der Waals surface area contributed by atoms with Crippen LogP contribution in [0.4, 0.5) is 0 Å². The molecule has 0 radical (unpaired) electrons. The van der Waals surface area contributed by atoms with Crippen molar-refractivity contribution in [1.29, 1.82) is 0 Å². The fourth-order valence-electron chi connectivity index (χ4n) is 4.10. The zero-order valence-corrected chi connectivity index (χ0v) is 16.2. The van der Waals surface area contributed by atoms with E-state index < -0.39 is 0 Å². The Hall–Kier alpha value is -0.0700. The van der Waals surface area contributed by atoms with Gasteiger partial charge in [-0.2, -0.15) is 0 Å². The maximum atomic E-state index is 12.5. The van der Waals surface area contributed by atoms with Crippen LogP contribution in [0.15, 0.2) is 0 Å². The summed E-state index contributed by atoms with van der Waals surface area (Å²) in [6, 6.07) is 0.236. The molecule has 1 amide bonds. The van der Waals surface area contributed by atoms with Gasteiger partial charge in [-0.05, 0) is 58.0 Å². The van der Waals surface area contributed by atoms with Crippen molar-refractivity contribution in [3.63, 3.8) is 0 Å². The quantitative estimate of drug-likeness (QED) is 0.791. The first-order valence-electron chi connectivity index (χ1n) is 9.10. The highest BCUT2D eigenvalue weighted by Gasteiger charge is 2.32. The molecule has 0 bridgehead atoms. The smallest absolute Gasteiger partial charge is 0.225 e. The van der Waals surface area contributed by atoms with E-state index in [1.54, 1.807) is 0 Å². The molecule has 2 heterocycles. The van der Waals surface area contributed by atoms with Gasteiger partial charge in [0.25, 0.3) is 0 Å². The van der Waals surface area contributed by atoms with Crippen LogP contribution >= 0.6 is 24.8 Å². The van der Waals surface area contributed by atoms with E-state index in [1.807, 2.05) is 4.90 Å². The lowest BCUT2D eigenvalue weighted by atomic mass is 10.0. The number of carbonyl (C=O) groups excluding carboxylic acids is 1. The molecule has 3 rings (SSSR count). The second-order valence-electron chi connectivity index (χ2n) is 7.21. The van der Waals surface area contributed by atoms with Crippen LogP contribution in [0.3, 0.4) is 0 Å². The highest BCUT2D eigenvalue weighted by molar-refractivity contribution is 5.85. The topological polar surface area (TPSA) is 58.8 Å². The maximum absolute atomic E-state index is 12.5. The third-order valence-electron chi connectivity index (χ3n) is 5.54. The summed E-state index contributed by atoms with van der Waals surface area (Å²) in [4.78, 5) is 17.0. The molecular weight excluding hydrogens is 349 g/mol. The maximum Gasteiger partial charge on any atom is 0.225 e. The minimum absolute atomic E-state index is 0. The molecule has 0 aromatic heterocycles. The van der Waals surface area contributed by atoms with Crippen molar-refractivity contribution >= 4 is 30.7 Å². The number of rotatable bonds is 5.